The number of benzene rings is 3. The lowest BCUT2D eigenvalue weighted by molar-refractivity contribution is 0.0773. The Labute approximate surface area is 174 Å². The molecule has 0 aliphatic carbocycles. The van der Waals surface area contributed by atoms with Crippen molar-refractivity contribution in [3.05, 3.63) is 95.0 Å². The summed E-state index contributed by atoms with van der Waals surface area (Å²) in [7, 11) is 1.72. The van der Waals surface area contributed by atoms with Gasteiger partial charge in [-0.05, 0) is 54.6 Å². The average Bonchev–Trinajstić information content (AvgIpc) is 2.74. The summed E-state index contributed by atoms with van der Waals surface area (Å²) < 4.78 is 5.62. The van der Waals surface area contributed by atoms with Crippen molar-refractivity contribution in [2.45, 2.75) is 0 Å². The van der Waals surface area contributed by atoms with Crippen LogP contribution in [0, 0.1) is 0 Å². The van der Waals surface area contributed by atoms with Gasteiger partial charge in [-0.1, -0.05) is 35.9 Å². The molecule has 148 valence electrons. The van der Waals surface area contributed by atoms with Gasteiger partial charge in [0.25, 0.3) is 11.8 Å². The van der Waals surface area contributed by atoms with E-state index in [4.69, 9.17) is 16.3 Å². The molecule has 0 unspecified atom stereocenters. The molecule has 0 heterocycles. The van der Waals surface area contributed by atoms with E-state index in [1.54, 1.807) is 60.5 Å². The van der Waals surface area contributed by atoms with Gasteiger partial charge < -0.3 is 15.0 Å². The van der Waals surface area contributed by atoms with Gasteiger partial charge in [0.1, 0.15) is 12.4 Å². The van der Waals surface area contributed by atoms with Gasteiger partial charge in [-0.15, -0.1) is 0 Å². The summed E-state index contributed by atoms with van der Waals surface area (Å²) in [4.78, 5) is 26.3. The standard InChI is InChI=1S/C23H21ClN2O3/c1-26(14-15-29-21-9-5-8-19(24)16-21)23(28)18-10-12-20(13-11-18)25-22(27)17-6-3-2-4-7-17/h2-13,16H,14-15H2,1H3,(H,25,27). The summed E-state index contributed by atoms with van der Waals surface area (Å²) in [5.41, 5.74) is 1.74. The highest BCUT2D eigenvalue weighted by atomic mass is 35.5. The van der Waals surface area contributed by atoms with Gasteiger partial charge in [0.05, 0.1) is 6.54 Å². The van der Waals surface area contributed by atoms with Crippen molar-refractivity contribution in [1.82, 2.24) is 4.90 Å². The monoisotopic (exact) mass is 408 g/mol. The Kier molecular flexibility index (Phi) is 6.87. The summed E-state index contributed by atoms with van der Waals surface area (Å²) in [5.74, 6) is 0.345. The molecule has 0 radical (unpaired) electrons. The van der Waals surface area contributed by atoms with Gasteiger partial charge >= 0.3 is 0 Å². The number of carbonyl (C=O) groups is 2. The van der Waals surface area contributed by atoms with E-state index in [2.05, 4.69) is 5.32 Å². The molecule has 2 amide bonds. The third kappa shape index (κ3) is 5.83. The minimum Gasteiger partial charge on any atom is -0.492 e. The molecule has 5 nitrogen and oxygen atoms in total. The number of halogens is 1. The van der Waals surface area contributed by atoms with Gasteiger partial charge in [-0.2, -0.15) is 0 Å². The molecule has 6 heteroatoms. The number of carbonyl (C=O) groups excluding carboxylic acids is 2. The summed E-state index contributed by atoms with van der Waals surface area (Å²) in [5, 5.41) is 3.42. The number of hydrogen-bond donors (Lipinski definition) is 1. The molecule has 1 N–H and O–H groups in total. The first-order chi connectivity index (χ1) is 14.0. The van der Waals surface area contributed by atoms with Gasteiger partial charge in [0.15, 0.2) is 0 Å². The average molecular weight is 409 g/mol. The molecule has 0 aromatic heterocycles. The molecule has 0 spiro atoms. The van der Waals surface area contributed by atoms with Crippen molar-refractivity contribution in [2.75, 3.05) is 25.5 Å². The lowest BCUT2D eigenvalue weighted by atomic mass is 10.1. The van der Waals surface area contributed by atoms with Crippen LogP contribution in [0.15, 0.2) is 78.9 Å². The van der Waals surface area contributed by atoms with E-state index in [9.17, 15) is 9.59 Å². The molecule has 0 aliphatic heterocycles. The Morgan fingerprint density at radius 3 is 2.34 bits per heavy atom. The second-order valence-corrected chi connectivity index (χ2v) is 6.87. The van der Waals surface area contributed by atoms with Gasteiger partial charge in [0.2, 0.25) is 0 Å². The number of nitrogens with zero attached hydrogens (tertiary/aromatic N) is 1. The number of ether oxygens (including phenoxy) is 1. The summed E-state index contributed by atoms with van der Waals surface area (Å²) >= 11 is 5.93. The van der Waals surface area contributed by atoms with Gasteiger partial charge in [0, 0.05) is 28.9 Å². The smallest absolute Gasteiger partial charge is 0.255 e. The van der Waals surface area contributed by atoms with Crippen LogP contribution in [0.2, 0.25) is 5.02 Å². The number of anilines is 1. The highest BCUT2D eigenvalue weighted by Gasteiger charge is 2.12. The Balaban J connectivity index is 1.52. The van der Waals surface area contributed by atoms with E-state index in [0.29, 0.717) is 40.7 Å². The lowest BCUT2D eigenvalue weighted by Crippen LogP contribution is -2.30. The number of rotatable bonds is 7. The predicted octanol–water partition coefficient (Wildman–Crippen LogP) is 4.74. The lowest BCUT2D eigenvalue weighted by Gasteiger charge is -2.18. The van der Waals surface area contributed by atoms with Crippen LogP contribution in [0.4, 0.5) is 5.69 Å². The first-order valence-corrected chi connectivity index (χ1v) is 9.51. The quantitative estimate of drug-likeness (QED) is 0.614. The zero-order valence-electron chi connectivity index (χ0n) is 16.0. The molecule has 3 aromatic rings. The third-order valence-corrected chi connectivity index (χ3v) is 4.50. The van der Waals surface area contributed by atoms with Crippen LogP contribution < -0.4 is 10.1 Å². The van der Waals surface area contributed by atoms with Crippen LogP contribution in [0.25, 0.3) is 0 Å². The minimum absolute atomic E-state index is 0.124. The molecular formula is C23H21ClN2O3. The summed E-state index contributed by atoms with van der Waals surface area (Å²) in [6.07, 6.45) is 0. The molecule has 3 aromatic carbocycles. The molecule has 29 heavy (non-hydrogen) atoms. The number of amides is 2. The molecule has 3 rings (SSSR count). The van der Waals surface area contributed by atoms with Crippen molar-refractivity contribution < 1.29 is 14.3 Å². The molecule has 0 saturated carbocycles. The van der Waals surface area contributed by atoms with Gasteiger partial charge in [-0.25, -0.2) is 0 Å². The molecule has 0 fully saturated rings. The molecule has 0 bridgehead atoms. The minimum atomic E-state index is -0.194. The van der Waals surface area contributed by atoms with E-state index in [1.165, 1.54) is 0 Å². The SMILES string of the molecule is CN(CCOc1cccc(Cl)c1)C(=O)c1ccc(NC(=O)c2ccccc2)cc1. The summed E-state index contributed by atoms with van der Waals surface area (Å²) in [6, 6.07) is 22.9. The Hall–Kier alpha value is -3.31. The van der Waals surface area contributed by atoms with E-state index in [1.807, 2.05) is 30.3 Å². The van der Waals surface area contributed by atoms with Crippen LogP contribution in [-0.2, 0) is 0 Å². The van der Waals surface area contributed by atoms with Crippen molar-refractivity contribution in [3.8, 4) is 5.75 Å². The maximum Gasteiger partial charge on any atom is 0.255 e. The van der Waals surface area contributed by atoms with E-state index >= 15 is 0 Å². The van der Waals surface area contributed by atoms with E-state index in [0.717, 1.165) is 0 Å². The van der Waals surface area contributed by atoms with Gasteiger partial charge in [-0.3, -0.25) is 9.59 Å². The van der Waals surface area contributed by atoms with Crippen LogP contribution >= 0.6 is 11.6 Å². The Bertz CT molecular complexity index is 975. The highest BCUT2D eigenvalue weighted by Crippen LogP contribution is 2.17. The summed E-state index contributed by atoms with van der Waals surface area (Å²) in [6.45, 7) is 0.783. The Morgan fingerprint density at radius 2 is 1.66 bits per heavy atom. The largest absolute Gasteiger partial charge is 0.492 e. The van der Waals surface area contributed by atoms with Crippen molar-refractivity contribution in [1.29, 1.82) is 0 Å². The number of nitrogens with one attached hydrogen (secondary N) is 1. The van der Waals surface area contributed by atoms with E-state index in [-0.39, 0.29) is 11.8 Å². The maximum absolute atomic E-state index is 12.6. The van der Waals surface area contributed by atoms with Crippen LogP contribution in [0.1, 0.15) is 20.7 Å². The fourth-order valence-electron chi connectivity index (χ4n) is 2.67. The van der Waals surface area contributed by atoms with Crippen molar-refractivity contribution >= 4 is 29.1 Å². The third-order valence-electron chi connectivity index (χ3n) is 4.26. The second-order valence-electron chi connectivity index (χ2n) is 6.43. The van der Waals surface area contributed by atoms with Crippen LogP contribution in [0.5, 0.6) is 5.75 Å². The van der Waals surface area contributed by atoms with Crippen LogP contribution in [0.3, 0.4) is 0 Å². The zero-order valence-corrected chi connectivity index (χ0v) is 16.7. The normalized spacial score (nSPS) is 10.3. The fraction of sp³-hybridized carbons (Fsp3) is 0.130. The topological polar surface area (TPSA) is 58.6 Å². The number of hydrogen-bond acceptors (Lipinski definition) is 3. The van der Waals surface area contributed by atoms with Crippen LogP contribution in [-0.4, -0.2) is 36.9 Å². The predicted molar refractivity (Wildman–Crippen MR) is 115 cm³/mol. The molecule has 0 atom stereocenters. The first-order valence-electron chi connectivity index (χ1n) is 9.13. The molecule has 0 aliphatic rings. The first kappa shape index (κ1) is 20.4. The molecule has 0 saturated heterocycles. The fourth-order valence-corrected chi connectivity index (χ4v) is 2.85. The Morgan fingerprint density at radius 1 is 0.931 bits per heavy atom. The van der Waals surface area contributed by atoms with Crippen molar-refractivity contribution in [2.24, 2.45) is 0 Å². The number of likely N-dealkylation sites (N-methyl/N-ethyl adjacent to an activating group) is 1. The maximum atomic E-state index is 12.6. The highest BCUT2D eigenvalue weighted by molar-refractivity contribution is 6.30. The van der Waals surface area contributed by atoms with E-state index < -0.39 is 0 Å². The second kappa shape index (κ2) is 9.75. The van der Waals surface area contributed by atoms with Crippen molar-refractivity contribution in [3.63, 3.8) is 0 Å². The zero-order chi connectivity index (χ0) is 20.6. The molecular weight excluding hydrogens is 388 g/mol.